The monoisotopic (exact) mass is 388 g/mol. The first-order valence-electron chi connectivity index (χ1n) is 8.88. The molecule has 0 bridgehead atoms. The summed E-state index contributed by atoms with van der Waals surface area (Å²) in [5.41, 5.74) is 5.79. The fourth-order valence-electron chi connectivity index (χ4n) is 2.42. The second-order valence-electron chi connectivity index (χ2n) is 7.33. The molecule has 3 N–H and O–H groups in total. The second kappa shape index (κ2) is 9.21. The van der Waals surface area contributed by atoms with Crippen LogP contribution in [0.4, 0.5) is 9.18 Å². The highest BCUT2D eigenvalue weighted by Gasteiger charge is 2.24. The maximum absolute atomic E-state index is 14.4. The van der Waals surface area contributed by atoms with Crippen LogP contribution in [-0.2, 0) is 22.6 Å². The van der Waals surface area contributed by atoms with Gasteiger partial charge in [-0.05, 0) is 38.0 Å². The zero-order valence-corrected chi connectivity index (χ0v) is 16.2. The fraction of sp³-hybridized carbons (Fsp3) is 0.333. The van der Waals surface area contributed by atoms with Crippen LogP contribution in [0.1, 0.15) is 31.9 Å². The summed E-state index contributed by atoms with van der Waals surface area (Å²) in [5, 5.41) is 2.38. The number of alkyl carbamates (subject to hydrolysis) is 1. The summed E-state index contributed by atoms with van der Waals surface area (Å²) in [5.74, 6) is -0.974. The molecule has 7 heteroatoms. The molecule has 150 valence electrons. The second-order valence-corrected chi connectivity index (χ2v) is 7.33. The predicted molar refractivity (Wildman–Crippen MR) is 103 cm³/mol. The average molecular weight is 388 g/mol. The van der Waals surface area contributed by atoms with Gasteiger partial charge in [-0.3, -0.25) is 4.79 Å². The van der Waals surface area contributed by atoms with Gasteiger partial charge >= 0.3 is 6.09 Å². The third-order valence-corrected chi connectivity index (χ3v) is 3.73. The van der Waals surface area contributed by atoms with Gasteiger partial charge in [-0.2, -0.15) is 0 Å². The van der Waals surface area contributed by atoms with Gasteiger partial charge in [0.25, 0.3) is 0 Å². The van der Waals surface area contributed by atoms with Crippen molar-refractivity contribution in [2.75, 3.05) is 0 Å². The highest BCUT2D eigenvalue weighted by Crippen LogP contribution is 2.19. The Bertz CT molecular complexity index is 819. The van der Waals surface area contributed by atoms with Gasteiger partial charge in [0.15, 0.2) is 0 Å². The number of nitrogens with one attached hydrogen (secondary N) is 1. The number of hydrogen-bond acceptors (Lipinski definition) is 4. The molecule has 2 amide bonds. The lowest BCUT2D eigenvalue weighted by Crippen LogP contribution is -2.47. The Morgan fingerprint density at radius 1 is 1.14 bits per heavy atom. The van der Waals surface area contributed by atoms with Gasteiger partial charge < -0.3 is 20.5 Å². The number of hydrogen-bond donors (Lipinski definition) is 2. The molecule has 0 radical (unpaired) electrons. The molecule has 0 spiro atoms. The van der Waals surface area contributed by atoms with Gasteiger partial charge in [0.1, 0.15) is 29.8 Å². The average Bonchev–Trinajstić information content (AvgIpc) is 2.60. The first-order chi connectivity index (χ1) is 13.1. The largest absolute Gasteiger partial charge is 0.489 e. The molecule has 2 aromatic rings. The predicted octanol–water partition coefficient (Wildman–Crippen LogP) is 3.33. The highest BCUT2D eigenvalue weighted by atomic mass is 19.1. The fourth-order valence-corrected chi connectivity index (χ4v) is 2.42. The first kappa shape index (κ1) is 21.2. The van der Waals surface area contributed by atoms with Crippen molar-refractivity contribution in [1.29, 1.82) is 0 Å². The molecule has 28 heavy (non-hydrogen) atoms. The Kier molecular flexibility index (Phi) is 6.98. The summed E-state index contributed by atoms with van der Waals surface area (Å²) in [6, 6.07) is 12.8. The lowest BCUT2D eigenvalue weighted by Gasteiger charge is -2.22. The van der Waals surface area contributed by atoms with Gasteiger partial charge in [0.2, 0.25) is 5.91 Å². The Morgan fingerprint density at radius 3 is 2.39 bits per heavy atom. The summed E-state index contributed by atoms with van der Waals surface area (Å²) in [4.78, 5) is 23.5. The third-order valence-electron chi connectivity index (χ3n) is 3.73. The van der Waals surface area contributed by atoms with Crippen LogP contribution < -0.4 is 15.8 Å². The van der Waals surface area contributed by atoms with Crippen molar-refractivity contribution in [3.63, 3.8) is 0 Å². The lowest BCUT2D eigenvalue weighted by atomic mass is 10.0. The minimum Gasteiger partial charge on any atom is -0.489 e. The SMILES string of the molecule is CC(C)(C)OC(=O)N[C@@H](Cc1ccc(OCc2ccccc2)cc1F)C(N)=O. The normalized spacial score (nSPS) is 12.1. The molecule has 0 fully saturated rings. The maximum Gasteiger partial charge on any atom is 0.408 e. The van der Waals surface area contributed by atoms with Crippen LogP contribution in [0.3, 0.4) is 0 Å². The summed E-state index contributed by atoms with van der Waals surface area (Å²) in [6.45, 7) is 5.39. The Hall–Kier alpha value is -3.09. The van der Waals surface area contributed by atoms with Gasteiger partial charge in [0.05, 0.1) is 0 Å². The van der Waals surface area contributed by atoms with Crippen LogP contribution >= 0.6 is 0 Å². The summed E-state index contributed by atoms with van der Waals surface area (Å²) >= 11 is 0. The van der Waals surface area contributed by atoms with Crippen molar-refractivity contribution < 1.29 is 23.5 Å². The van der Waals surface area contributed by atoms with E-state index < -0.39 is 29.5 Å². The smallest absolute Gasteiger partial charge is 0.408 e. The molecule has 0 saturated heterocycles. The van der Waals surface area contributed by atoms with Crippen LogP contribution in [0, 0.1) is 5.82 Å². The van der Waals surface area contributed by atoms with Crippen molar-refractivity contribution in [2.24, 2.45) is 5.73 Å². The van der Waals surface area contributed by atoms with Crippen molar-refractivity contribution in [3.05, 3.63) is 65.5 Å². The summed E-state index contributed by atoms with van der Waals surface area (Å²) in [7, 11) is 0. The number of nitrogens with two attached hydrogens (primary N) is 1. The number of amides is 2. The lowest BCUT2D eigenvalue weighted by molar-refractivity contribution is -0.120. The molecule has 0 aliphatic rings. The molecular weight excluding hydrogens is 363 g/mol. The van der Waals surface area contributed by atoms with E-state index in [4.69, 9.17) is 15.2 Å². The molecule has 0 aromatic heterocycles. The highest BCUT2D eigenvalue weighted by molar-refractivity contribution is 5.84. The van der Waals surface area contributed by atoms with E-state index in [0.717, 1.165) is 5.56 Å². The zero-order valence-electron chi connectivity index (χ0n) is 16.2. The number of halogens is 1. The molecule has 2 aromatic carbocycles. The maximum atomic E-state index is 14.4. The number of ether oxygens (including phenoxy) is 2. The van der Waals surface area contributed by atoms with E-state index in [9.17, 15) is 14.0 Å². The molecular formula is C21H25FN2O4. The third kappa shape index (κ3) is 6.90. The Morgan fingerprint density at radius 2 is 1.82 bits per heavy atom. The summed E-state index contributed by atoms with van der Waals surface area (Å²) in [6.07, 6.45) is -0.890. The molecule has 0 heterocycles. The van der Waals surface area contributed by atoms with Gasteiger partial charge in [-0.15, -0.1) is 0 Å². The molecule has 0 aliphatic heterocycles. The molecule has 0 unspecified atom stereocenters. The van der Waals surface area contributed by atoms with E-state index in [1.807, 2.05) is 30.3 Å². The number of rotatable bonds is 7. The van der Waals surface area contributed by atoms with E-state index in [2.05, 4.69) is 5.32 Å². The van der Waals surface area contributed by atoms with Crippen molar-refractivity contribution >= 4 is 12.0 Å². The van der Waals surface area contributed by atoms with Crippen molar-refractivity contribution in [1.82, 2.24) is 5.32 Å². The first-order valence-corrected chi connectivity index (χ1v) is 8.88. The minimum atomic E-state index is -1.10. The van der Waals surface area contributed by atoms with E-state index >= 15 is 0 Å². The molecule has 0 saturated carbocycles. The van der Waals surface area contributed by atoms with Crippen LogP contribution in [0.5, 0.6) is 5.75 Å². The summed E-state index contributed by atoms with van der Waals surface area (Å²) < 4.78 is 25.1. The van der Waals surface area contributed by atoms with Crippen LogP contribution in [0.2, 0.25) is 0 Å². The quantitative estimate of drug-likeness (QED) is 0.761. The van der Waals surface area contributed by atoms with E-state index in [1.54, 1.807) is 26.8 Å². The van der Waals surface area contributed by atoms with Gasteiger partial charge in [0, 0.05) is 12.5 Å². The molecule has 1 atom stereocenters. The Balaban J connectivity index is 2.01. The van der Waals surface area contributed by atoms with Crippen molar-refractivity contribution in [2.45, 2.75) is 45.4 Å². The van der Waals surface area contributed by atoms with Crippen molar-refractivity contribution in [3.8, 4) is 5.75 Å². The van der Waals surface area contributed by atoms with E-state index in [-0.39, 0.29) is 12.0 Å². The van der Waals surface area contributed by atoms with Crippen LogP contribution in [-0.4, -0.2) is 23.6 Å². The van der Waals surface area contributed by atoms with Gasteiger partial charge in [-0.25, -0.2) is 9.18 Å². The Labute approximate surface area is 163 Å². The zero-order chi connectivity index (χ0) is 20.7. The molecule has 0 aliphatic carbocycles. The molecule has 6 nitrogen and oxygen atoms in total. The van der Waals surface area contributed by atoms with Crippen LogP contribution in [0.15, 0.2) is 48.5 Å². The number of carbonyl (C=O) groups excluding carboxylic acids is 2. The topological polar surface area (TPSA) is 90.7 Å². The number of primary amides is 1. The van der Waals surface area contributed by atoms with E-state index in [0.29, 0.717) is 12.4 Å². The standard InChI is InChI=1S/C21H25FN2O4/c1-21(2,3)28-20(26)24-18(19(23)25)11-15-9-10-16(12-17(15)22)27-13-14-7-5-4-6-8-14/h4-10,12,18H,11,13H2,1-3H3,(H2,23,25)(H,24,26)/t18-/m0/s1. The van der Waals surface area contributed by atoms with E-state index in [1.165, 1.54) is 12.1 Å². The number of benzene rings is 2. The molecule has 2 rings (SSSR count). The minimum absolute atomic E-state index is 0.0978. The van der Waals surface area contributed by atoms with Crippen LogP contribution in [0.25, 0.3) is 0 Å². The van der Waals surface area contributed by atoms with Gasteiger partial charge in [-0.1, -0.05) is 36.4 Å². The number of carbonyl (C=O) groups is 2.